The number of nitrogens with zero attached hydrogens (tertiary/aromatic N) is 2. The molecule has 0 bridgehead atoms. The Morgan fingerprint density at radius 1 is 1.13 bits per heavy atom. The lowest BCUT2D eigenvalue weighted by molar-refractivity contribution is -0.110. The number of amides is 1. The third-order valence-electron chi connectivity index (χ3n) is 5.42. The molecule has 6 nitrogen and oxygen atoms in total. The number of hydrogen-bond acceptors (Lipinski definition) is 5. The van der Waals surface area contributed by atoms with Gasteiger partial charge in [-0.25, -0.2) is 8.78 Å². The summed E-state index contributed by atoms with van der Waals surface area (Å²) in [7, 11) is 1.69. The average Bonchev–Trinajstić information content (AvgIpc) is 3.05. The van der Waals surface area contributed by atoms with Crippen molar-refractivity contribution in [2.24, 2.45) is 0 Å². The van der Waals surface area contributed by atoms with Crippen molar-refractivity contribution in [2.45, 2.75) is 0 Å². The van der Waals surface area contributed by atoms with Gasteiger partial charge in [-0.05, 0) is 36.4 Å². The smallest absolute Gasteiger partial charge is 0.257 e. The van der Waals surface area contributed by atoms with E-state index < -0.39 is 5.82 Å². The first-order chi connectivity index (χ1) is 14.5. The van der Waals surface area contributed by atoms with Crippen LogP contribution in [0.2, 0.25) is 0 Å². The van der Waals surface area contributed by atoms with E-state index in [9.17, 15) is 13.6 Å². The number of halogens is 2. The molecule has 1 saturated heterocycles. The Morgan fingerprint density at radius 2 is 1.93 bits per heavy atom. The number of nitrogens with one attached hydrogen (secondary N) is 2. The summed E-state index contributed by atoms with van der Waals surface area (Å²) in [6, 6.07) is 9.08. The molecule has 8 heteroatoms. The van der Waals surface area contributed by atoms with E-state index >= 15 is 0 Å². The van der Waals surface area contributed by atoms with Gasteiger partial charge in [0, 0.05) is 57.3 Å². The quantitative estimate of drug-likeness (QED) is 0.712. The van der Waals surface area contributed by atoms with Crippen molar-refractivity contribution in [1.82, 2.24) is 4.90 Å². The predicted molar refractivity (Wildman–Crippen MR) is 114 cm³/mol. The molecule has 30 heavy (non-hydrogen) atoms. The van der Waals surface area contributed by atoms with E-state index in [4.69, 9.17) is 4.74 Å². The van der Waals surface area contributed by atoms with E-state index in [2.05, 4.69) is 15.5 Å². The molecule has 0 atom stereocenters. The Bertz CT molecular complexity index is 972. The van der Waals surface area contributed by atoms with E-state index in [1.807, 2.05) is 4.90 Å². The van der Waals surface area contributed by atoms with Gasteiger partial charge in [0.2, 0.25) is 0 Å². The molecule has 1 fully saturated rings. The van der Waals surface area contributed by atoms with Gasteiger partial charge in [0.15, 0.2) is 0 Å². The molecular formula is C22H24F2N4O2. The fourth-order valence-corrected chi connectivity index (χ4v) is 3.75. The second-order valence-corrected chi connectivity index (χ2v) is 7.33. The number of methoxy groups -OCH3 is 1. The zero-order valence-electron chi connectivity index (χ0n) is 16.8. The molecule has 1 amide bonds. The van der Waals surface area contributed by atoms with E-state index in [0.29, 0.717) is 34.8 Å². The number of carbonyl (C=O) groups excluding carboxylic acids is 1. The van der Waals surface area contributed by atoms with Gasteiger partial charge < -0.3 is 20.3 Å². The number of benzene rings is 2. The van der Waals surface area contributed by atoms with Crippen molar-refractivity contribution in [2.75, 3.05) is 62.0 Å². The van der Waals surface area contributed by atoms with Crippen LogP contribution in [0.4, 0.5) is 25.8 Å². The highest BCUT2D eigenvalue weighted by Crippen LogP contribution is 2.32. The average molecular weight is 414 g/mol. The summed E-state index contributed by atoms with van der Waals surface area (Å²) < 4.78 is 33.2. The first-order valence-corrected chi connectivity index (χ1v) is 9.89. The molecule has 2 N–H and O–H groups in total. The van der Waals surface area contributed by atoms with Gasteiger partial charge in [-0.15, -0.1) is 0 Å². The van der Waals surface area contributed by atoms with Crippen molar-refractivity contribution in [1.29, 1.82) is 0 Å². The van der Waals surface area contributed by atoms with E-state index in [1.165, 1.54) is 24.4 Å². The highest BCUT2D eigenvalue weighted by atomic mass is 19.1. The van der Waals surface area contributed by atoms with Crippen molar-refractivity contribution < 1.29 is 18.3 Å². The molecule has 4 rings (SSSR count). The largest absolute Gasteiger partial charge is 0.383 e. The van der Waals surface area contributed by atoms with Crippen LogP contribution in [0.1, 0.15) is 5.56 Å². The molecule has 2 heterocycles. The maximum atomic E-state index is 14.7. The van der Waals surface area contributed by atoms with E-state index in [1.54, 1.807) is 25.3 Å². The molecule has 0 radical (unpaired) electrons. The molecule has 2 aromatic rings. The molecule has 0 aliphatic carbocycles. The van der Waals surface area contributed by atoms with Gasteiger partial charge in [-0.1, -0.05) is 0 Å². The zero-order valence-corrected chi connectivity index (χ0v) is 16.8. The van der Waals surface area contributed by atoms with Crippen molar-refractivity contribution in [3.05, 3.63) is 59.8 Å². The predicted octanol–water partition coefficient (Wildman–Crippen LogP) is 3.14. The van der Waals surface area contributed by atoms with Crippen LogP contribution in [0.25, 0.3) is 5.57 Å². The highest BCUT2D eigenvalue weighted by molar-refractivity contribution is 6.31. The molecule has 0 aromatic heterocycles. The van der Waals surface area contributed by atoms with Gasteiger partial charge >= 0.3 is 0 Å². The Balaban J connectivity index is 1.42. The number of carbonyl (C=O) groups is 1. The second kappa shape index (κ2) is 8.81. The normalized spacial score (nSPS) is 17.9. The van der Waals surface area contributed by atoms with E-state index in [-0.39, 0.29) is 11.7 Å². The van der Waals surface area contributed by atoms with Crippen LogP contribution >= 0.6 is 0 Å². The lowest BCUT2D eigenvalue weighted by Crippen LogP contribution is -2.47. The minimum absolute atomic E-state index is 0.318. The van der Waals surface area contributed by atoms with Crippen molar-refractivity contribution >= 4 is 28.5 Å². The summed E-state index contributed by atoms with van der Waals surface area (Å²) in [6.07, 6.45) is 1.52. The van der Waals surface area contributed by atoms with Gasteiger partial charge in [-0.3, -0.25) is 9.69 Å². The highest BCUT2D eigenvalue weighted by Gasteiger charge is 2.24. The molecule has 2 aromatic carbocycles. The summed E-state index contributed by atoms with van der Waals surface area (Å²) in [6.45, 7) is 4.82. The topological polar surface area (TPSA) is 56.8 Å². The van der Waals surface area contributed by atoms with Crippen LogP contribution in [-0.2, 0) is 9.53 Å². The third-order valence-corrected chi connectivity index (χ3v) is 5.42. The minimum atomic E-state index is -0.416. The first kappa shape index (κ1) is 20.3. The maximum Gasteiger partial charge on any atom is 0.257 e. The lowest BCUT2D eigenvalue weighted by Gasteiger charge is -2.36. The van der Waals surface area contributed by atoms with Crippen LogP contribution in [0.15, 0.2) is 42.6 Å². The van der Waals surface area contributed by atoms with E-state index in [0.717, 1.165) is 32.7 Å². The Labute approximate surface area is 174 Å². The molecule has 0 saturated carbocycles. The standard InChI is InChI=1S/C22H24F2N4O2/c1-30-11-10-27-6-8-28(9-7-27)21-5-3-16(13-19(21)24)25-14-18-17-4-2-15(23)12-20(17)26-22(18)29/h2-5,12-14,25H,6-11H2,1H3,(H,26,29). The van der Waals surface area contributed by atoms with Crippen molar-refractivity contribution in [3.63, 3.8) is 0 Å². The molecule has 2 aliphatic rings. The molecule has 2 aliphatic heterocycles. The SMILES string of the molecule is COCCN1CCN(c2ccc(NC=C3C(=O)Nc4cc(F)ccc43)cc2F)CC1. The van der Waals surface area contributed by atoms with Crippen molar-refractivity contribution in [3.8, 4) is 0 Å². The summed E-state index contributed by atoms with van der Waals surface area (Å²) in [5.41, 5.74) is 2.52. The second-order valence-electron chi connectivity index (χ2n) is 7.33. The lowest BCUT2D eigenvalue weighted by atomic mass is 10.1. The Kier molecular flexibility index (Phi) is 5.96. The van der Waals surface area contributed by atoms with Gasteiger partial charge in [0.05, 0.1) is 23.6 Å². The van der Waals surface area contributed by atoms with Crippen LogP contribution in [0.5, 0.6) is 0 Å². The third kappa shape index (κ3) is 4.29. The van der Waals surface area contributed by atoms with Crippen LogP contribution < -0.4 is 15.5 Å². The van der Waals surface area contributed by atoms with Crippen LogP contribution in [-0.4, -0.2) is 57.2 Å². The number of anilines is 3. The Morgan fingerprint density at radius 3 is 2.67 bits per heavy atom. The summed E-state index contributed by atoms with van der Waals surface area (Å²) in [5, 5.41) is 5.60. The minimum Gasteiger partial charge on any atom is -0.383 e. The summed E-state index contributed by atoms with van der Waals surface area (Å²) >= 11 is 0. The zero-order chi connectivity index (χ0) is 21.1. The fourth-order valence-electron chi connectivity index (χ4n) is 3.75. The molecular weight excluding hydrogens is 390 g/mol. The Hall–Kier alpha value is -2.97. The van der Waals surface area contributed by atoms with Gasteiger partial charge in [0.1, 0.15) is 11.6 Å². The number of fused-ring (bicyclic) bond motifs is 1. The summed E-state index contributed by atoms with van der Waals surface area (Å²) in [5.74, 6) is -1.06. The summed E-state index contributed by atoms with van der Waals surface area (Å²) in [4.78, 5) is 16.5. The fraction of sp³-hybridized carbons (Fsp3) is 0.318. The first-order valence-electron chi connectivity index (χ1n) is 9.89. The number of piperazine rings is 1. The van der Waals surface area contributed by atoms with Crippen LogP contribution in [0.3, 0.4) is 0 Å². The molecule has 0 spiro atoms. The number of ether oxygens (including phenoxy) is 1. The van der Waals surface area contributed by atoms with Gasteiger partial charge in [0.25, 0.3) is 5.91 Å². The maximum absolute atomic E-state index is 14.7. The van der Waals surface area contributed by atoms with Crippen LogP contribution in [0, 0.1) is 11.6 Å². The number of hydrogen-bond donors (Lipinski definition) is 2. The monoisotopic (exact) mass is 414 g/mol. The number of rotatable bonds is 6. The molecule has 158 valence electrons. The molecule has 0 unspecified atom stereocenters. The van der Waals surface area contributed by atoms with Gasteiger partial charge in [-0.2, -0.15) is 0 Å².